The summed E-state index contributed by atoms with van der Waals surface area (Å²) < 4.78 is 11.2. The van der Waals surface area contributed by atoms with E-state index in [0.29, 0.717) is 16.5 Å². The van der Waals surface area contributed by atoms with Crippen molar-refractivity contribution in [1.29, 1.82) is 0 Å². The highest BCUT2D eigenvalue weighted by atomic mass is 35.5. The largest absolute Gasteiger partial charge is 0.490 e. The summed E-state index contributed by atoms with van der Waals surface area (Å²) in [5.74, 6) is 1.12. The molecule has 0 fully saturated rings. The van der Waals surface area contributed by atoms with Crippen LogP contribution in [0.1, 0.15) is 13.8 Å². The molecule has 114 valence electrons. The topological polar surface area (TPSA) is 58.9 Å². The van der Waals surface area contributed by atoms with E-state index in [1.54, 1.807) is 19.9 Å². The van der Waals surface area contributed by atoms with Gasteiger partial charge < -0.3 is 19.7 Å². The van der Waals surface area contributed by atoms with Gasteiger partial charge in [0.1, 0.15) is 24.7 Å². The molecular formula is C16H19ClO4. The molecule has 0 spiro atoms. The fraction of sp³-hybridized carbons (Fsp3) is 0.375. The highest BCUT2D eigenvalue weighted by molar-refractivity contribution is 6.33. The van der Waals surface area contributed by atoms with E-state index in [0.717, 1.165) is 10.8 Å². The van der Waals surface area contributed by atoms with Crippen molar-refractivity contribution in [2.75, 3.05) is 13.2 Å². The van der Waals surface area contributed by atoms with Crippen LogP contribution in [0.2, 0.25) is 5.02 Å². The van der Waals surface area contributed by atoms with Crippen molar-refractivity contribution in [1.82, 2.24) is 0 Å². The molecule has 2 rings (SSSR count). The second kappa shape index (κ2) is 6.98. The quantitative estimate of drug-likeness (QED) is 0.861. The minimum Gasteiger partial charge on any atom is -0.490 e. The Labute approximate surface area is 128 Å². The first-order chi connectivity index (χ1) is 9.99. The van der Waals surface area contributed by atoms with E-state index >= 15 is 0 Å². The lowest BCUT2D eigenvalue weighted by Crippen LogP contribution is -2.14. The molecule has 2 atom stereocenters. The van der Waals surface area contributed by atoms with Crippen LogP contribution >= 0.6 is 11.6 Å². The third-order valence-electron chi connectivity index (χ3n) is 2.86. The minimum atomic E-state index is -0.578. The number of aliphatic hydroxyl groups is 2. The Morgan fingerprint density at radius 3 is 2.19 bits per heavy atom. The Kier molecular flexibility index (Phi) is 5.28. The summed E-state index contributed by atoms with van der Waals surface area (Å²) in [6.45, 7) is 3.66. The smallest absolute Gasteiger partial charge is 0.146 e. The van der Waals surface area contributed by atoms with Gasteiger partial charge in [0.15, 0.2) is 0 Å². The van der Waals surface area contributed by atoms with Gasteiger partial charge in [-0.1, -0.05) is 35.9 Å². The normalized spacial score (nSPS) is 14.0. The van der Waals surface area contributed by atoms with Gasteiger partial charge in [-0.05, 0) is 13.8 Å². The van der Waals surface area contributed by atoms with Crippen LogP contribution in [-0.4, -0.2) is 35.6 Å². The van der Waals surface area contributed by atoms with E-state index in [1.165, 1.54) is 0 Å². The van der Waals surface area contributed by atoms with Gasteiger partial charge in [0.05, 0.1) is 17.2 Å². The number of ether oxygens (including phenoxy) is 2. The van der Waals surface area contributed by atoms with E-state index in [4.69, 9.17) is 21.1 Å². The third kappa shape index (κ3) is 4.00. The standard InChI is InChI=1S/C16H19ClO4/c1-10(18)8-20-15-7-14(17)16(21-9-11(2)19)13-6-4-3-5-12(13)15/h3-7,10-11,18-19H,8-9H2,1-2H3. The highest BCUT2D eigenvalue weighted by Crippen LogP contribution is 2.39. The number of hydrogen-bond donors (Lipinski definition) is 2. The van der Waals surface area contributed by atoms with Crippen LogP contribution in [0, 0.1) is 0 Å². The summed E-state index contributed by atoms with van der Waals surface area (Å²) in [5.41, 5.74) is 0. The number of benzene rings is 2. The second-order valence-electron chi connectivity index (χ2n) is 5.05. The molecule has 0 bridgehead atoms. The minimum absolute atomic E-state index is 0.164. The van der Waals surface area contributed by atoms with Crippen LogP contribution in [0.25, 0.3) is 10.8 Å². The molecule has 0 saturated heterocycles. The number of rotatable bonds is 6. The van der Waals surface area contributed by atoms with E-state index in [-0.39, 0.29) is 13.2 Å². The van der Waals surface area contributed by atoms with Gasteiger partial charge in [-0.15, -0.1) is 0 Å². The molecule has 0 amide bonds. The van der Waals surface area contributed by atoms with Crippen LogP contribution in [0.4, 0.5) is 0 Å². The number of fused-ring (bicyclic) bond motifs is 1. The molecule has 0 aromatic heterocycles. The van der Waals surface area contributed by atoms with Crippen molar-refractivity contribution in [3.63, 3.8) is 0 Å². The zero-order valence-electron chi connectivity index (χ0n) is 12.0. The van der Waals surface area contributed by atoms with Crippen molar-refractivity contribution in [2.45, 2.75) is 26.1 Å². The molecular weight excluding hydrogens is 292 g/mol. The Morgan fingerprint density at radius 1 is 1.00 bits per heavy atom. The van der Waals surface area contributed by atoms with Gasteiger partial charge in [0.25, 0.3) is 0 Å². The molecule has 2 aromatic carbocycles. The lowest BCUT2D eigenvalue weighted by molar-refractivity contribution is 0.122. The summed E-state index contributed by atoms with van der Waals surface area (Å²) in [5, 5.41) is 20.8. The number of hydrogen-bond acceptors (Lipinski definition) is 4. The van der Waals surface area contributed by atoms with Crippen molar-refractivity contribution in [2.24, 2.45) is 0 Å². The summed E-state index contributed by atoms with van der Waals surface area (Å²) in [6, 6.07) is 9.23. The molecule has 4 nitrogen and oxygen atoms in total. The average molecular weight is 311 g/mol. The van der Waals surface area contributed by atoms with Crippen molar-refractivity contribution in [3.8, 4) is 11.5 Å². The monoisotopic (exact) mass is 310 g/mol. The summed E-state index contributed by atoms with van der Waals surface area (Å²) >= 11 is 6.26. The van der Waals surface area contributed by atoms with Crippen molar-refractivity contribution in [3.05, 3.63) is 35.4 Å². The summed E-state index contributed by atoms with van der Waals surface area (Å²) in [4.78, 5) is 0. The zero-order valence-corrected chi connectivity index (χ0v) is 12.8. The molecule has 2 unspecified atom stereocenters. The fourth-order valence-corrected chi connectivity index (χ4v) is 2.22. The first-order valence-electron chi connectivity index (χ1n) is 6.82. The molecule has 2 aromatic rings. The lowest BCUT2D eigenvalue weighted by atomic mass is 10.1. The Balaban J connectivity index is 2.42. The Hall–Kier alpha value is -1.49. The molecule has 0 aliphatic heterocycles. The van der Waals surface area contributed by atoms with Crippen LogP contribution in [0.15, 0.2) is 30.3 Å². The molecule has 0 aliphatic carbocycles. The summed E-state index contributed by atoms with van der Waals surface area (Å²) in [7, 11) is 0. The van der Waals surface area contributed by atoms with Crippen LogP contribution in [-0.2, 0) is 0 Å². The molecule has 2 N–H and O–H groups in total. The maximum absolute atomic E-state index is 9.36. The maximum atomic E-state index is 9.36. The molecule has 21 heavy (non-hydrogen) atoms. The molecule has 0 aliphatic rings. The second-order valence-corrected chi connectivity index (χ2v) is 5.46. The number of halogens is 1. The first-order valence-corrected chi connectivity index (χ1v) is 7.19. The molecule has 5 heteroatoms. The van der Waals surface area contributed by atoms with Gasteiger partial charge >= 0.3 is 0 Å². The fourth-order valence-electron chi connectivity index (χ4n) is 1.96. The molecule has 0 heterocycles. The number of aliphatic hydroxyl groups excluding tert-OH is 2. The van der Waals surface area contributed by atoms with Crippen LogP contribution < -0.4 is 9.47 Å². The summed E-state index contributed by atoms with van der Waals surface area (Å²) in [6.07, 6.45) is -1.14. The Morgan fingerprint density at radius 2 is 1.57 bits per heavy atom. The average Bonchev–Trinajstić information content (AvgIpc) is 2.43. The van der Waals surface area contributed by atoms with Crippen LogP contribution in [0.5, 0.6) is 11.5 Å². The van der Waals surface area contributed by atoms with Gasteiger partial charge in [0.2, 0.25) is 0 Å². The van der Waals surface area contributed by atoms with Gasteiger partial charge in [-0.2, -0.15) is 0 Å². The van der Waals surface area contributed by atoms with Gasteiger partial charge in [-0.3, -0.25) is 0 Å². The zero-order chi connectivity index (χ0) is 15.4. The van der Waals surface area contributed by atoms with E-state index in [2.05, 4.69) is 0 Å². The molecule has 0 radical (unpaired) electrons. The first kappa shape index (κ1) is 15.9. The van der Waals surface area contributed by atoms with Crippen molar-refractivity contribution >= 4 is 22.4 Å². The van der Waals surface area contributed by atoms with E-state index in [9.17, 15) is 10.2 Å². The maximum Gasteiger partial charge on any atom is 0.146 e. The van der Waals surface area contributed by atoms with Crippen molar-refractivity contribution < 1.29 is 19.7 Å². The predicted molar refractivity (Wildman–Crippen MR) is 83.3 cm³/mol. The SMILES string of the molecule is CC(O)COc1cc(Cl)c(OCC(C)O)c2ccccc12. The van der Waals surface area contributed by atoms with Gasteiger partial charge in [0, 0.05) is 16.8 Å². The van der Waals surface area contributed by atoms with Crippen LogP contribution in [0.3, 0.4) is 0 Å². The highest BCUT2D eigenvalue weighted by Gasteiger charge is 2.14. The van der Waals surface area contributed by atoms with Gasteiger partial charge in [-0.25, -0.2) is 0 Å². The Bertz CT molecular complexity index is 610. The van der Waals surface area contributed by atoms with E-state index < -0.39 is 12.2 Å². The van der Waals surface area contributed by atoms with E-state index in [1.807, 2.05) is 24.3 Å². The third-order valence-corrected chi connectivity index (χ3v) is 3.14. The lowest BCUT2D eigenvalue weighted by Gasteiger charge is -2.16. The predicted octanol–water partition coefficient (Wildman–Crippen LogP) is 3.01. The molecule has 0 saturated carbocycles.